The van der Waals surface area contributed by atoms with Gasteiger partial charge in [0.15, 0.2) is 0 Å². The number of aliphatic imine (C=N–C) groups is 1. The van der Waals surface area contributed by atoms with Crippen LogP contribution in [0.4, 0.5) is 5.69 Å². The number of halogens is 2. The highest BCUT2D eigenvalue weighted by molar-refractivity contribution is 14.1. The molecule has 0 saturated carbocycles. The van der Waals surface area contributed by atoms with E-state index in [-0.39, 0.29) is 0 Å². The number of hydrogen-bond donors (Lipinski definition) is 0. The lowest BCUT2D eigenvalue weighted by molar-refractivity contribution is 1.31. The number of rotatable bonds is 2. The minimum atomic E-state index is 0.696. The molecule has 0 fully saturated rings. The number of hydrogen-bond acceptors (Lipinski definition) is 2. The molecule has 13 heavy (non-hydrogen) atoms. The van der Waals surface area contributed by atoms with E-state index in [1.807, 2.05) is 13.0 Å². The molecule has 0 N–H and O–H groups in total. The number of benzene rings is 1. The van der Waals surface area contributed by atoms with Gasteiger partial charge in [0.1, 0.15) is 0 Å². The Balaban J connectivity index is 3.34. The summed E-state index contributed by atoms with van der Waals surface area (Å²) in [6.07, 6.45) is 0. The predicted molar refractivity (Wildman–Crippen MR) is 68.6 cm³/mol. The van der Waals surface area contributed by atoms with E-state index in [9.17, 15) is 0 Å². The van der Waals surface area contributed by atoms with Gasteiger partial charge in [-0.1, -0.05) is 34.2 Å². The van der Waals surface area contributed by atoms with Crippen LogP contribution in [0, 0.1) is 6.92 Å². The highest BCUT2D eigenvalue weighted by Crippen LogP contribution is 2.28. The summed E-state index contributed by atoms with van der Waals surface area (Å²) < 4.78 is 0.921. The van der Waals surface area contributed by atoms with Crippen LogP contribution in [-0.2, 0) is 4.43 Å². The SMILES string of the molecule is Cc1c(CI)cc(Cl)cc1N=C=S. The first-order valence-corrected chi connectivity index (χ1v) is 5.93. The van der Waals surface area contributed by atoms with Crippen LogP contribution in [0.2, 0.25) is 5.02 Å². The van der Waals surface area contributed by atoms with Gasteiger partial charge in [0.05, 0.1) is 10.8 Å². The molecule has 0 aromatic heterocycles. The normalized spacial score (nSPS) is 9.46. The van der Waals surface area contributed by atoms with Crippen LogP contribution < -0.4 is 0 Å². The lowest BCUT2D eigenvalue weighted by Crippen LogP contribution is -1.85. The molecule has 0 saturated heterocycles. The summed E-state index contributed by atoms with van der Waals surface area (Å²) in [4.78, 5) is 3.95. The molecule has 0 aliphatic heterocycles. The molecule has 0 aliphatic rings. The van der Waals surface area contributed by atoms with Crippen LogP contribution in [-0.4, -0.2) is 5.16 Å². The van der Waals surface area contributed by atoms with Crippen molar-refractivity contribution in [1.29, 1.82) is 0 Å². The summed E-state index contributed by atoms with van der Waals surface area (Å²) in [5.41, 5.74) is 3.13. The van der Waals surface area contributed by atoms with Crippen LogP contribution in [0.25, 0.3) is 0 Å². The number of alkyl halides is 1. The first-order chi connectivity index (χ1) is 6.19. The maximum atomic E-state index is 5.91. The molecule has 68 valence electrons. The van der Waals surface area contributed by atoms with E-state index in [1.165, 1.54) is 5.56 Å². The molecule has 1 aromatic carbocycles. The number of nitrogens with zero attached hydrogens (tertiary/aromatic N) is 1. The van der Waals surface area contributed by atoms with Gasteiger partial charge in [-0.05, 0) is 42.4 Å². The van der Waals surface area contributed by atoms with E-state index < -0.39 is 0 Å². The minimum absolute atomic E-state index is 0.696. The summed E-state index contributed by atoms with van der Waals surface area (Å²) in [5.74, 6) is 0. The van der Waals surface area contributed by atoms with Crippen LogP contribution in [0.1, 0.15) is 11.1 Å². The van der Waals surface area contributed by atoms with Gasteiger partial charge >= 0.3 is 0 Å². The number of thiocarbonyl (C=S) groups is 1. The van der Waals surface area contributed by atoms with Crippen molar-refractivity contribution in [3.63, 3.8) is 0 Å². The molecule has 0 heterocycles. The van der Waals surface area contributed by atoms with Gasteiger partial charge < -0.3 is 0 Å². The van der Waals surface area contributed by atoms with E-state index >= 15 is 0 Å². The summed E-state index contributed by atoms with van der Waals surface area (Å²) in [6, 6.07) is 3.75. The van der Waals surface area contributed by atoms with Gasteiger partial charge in [0.25, 0.3) is 0 Å². The molecular formula is C9H7ClINS. The zero-order valence-electron chi connectivity index (χ0n) is 6.97. The van der Waals surface area contributed by atoms with E-state index in [0.29, 0.717) is 5.02 Å². The van der Waals surface area contributed by atoms with Crippen LogP contribution >= 0.6 is 46.4 Å². The van der Waals surface area contributed by atoms with Crippen molar-refractivity contribution in [2.75, 3.05) is 0 Å². The summed E-state index contributed by atoms with van der Waals surface area (Å²) in [6.45, 7) is 2.01. The van der Waals surface area contributed by atoms with Gasteiger partial charge in [0, 0.05) is 9.45 Å². The predicted octanol–water partition coefficient (Wildman–Crippen LogP) is 4.32. The summed E-state index contributed by atoms with van der Waals surface area (Å²) in [5, 5.41) is 3.05. The lowest BCUT2D eigenvalue weighted by Gasteiger charge is -2.05. The van der Waals surface area contributed by atoms with Gasteiger partial charge in [-0.25, -0.2) is 0 Å². The van der Waals surface area contributed by atoms with Crippen molar-refractivity contribution in [2.24, 2.45) is 4.99 Å². The third-order valence-electron chi connectivity index (χ3n) is 1.76. The molecule has 0 bridgehead atoms. The second-order valence-corrected chi connectivity index (χ2v) is 3.93. The van der Waals surface area contributed by atoms with E-state index in [2.05, 4.69) is 45.0 Å². The van der Waals surface area contributed by atoms with E-state index in [4.69, 9.17) is 11.6 Å². The fraction of sp³-hybridized carbons (Fsp3) is 0.222. The third-order valence-corrected chi connectivity index (χ3v) is 2.89. The molecule has 1 aromatic rings. The first-order valence-electron chi connectivity index (χ1n) is 3.62. The Bertz CT molecular complexity index is 372. The van der Waals surface area contributed by atoms with Crippen LogP contribution in [0.3, 0.4) is 0 Å². The third kappa shape index (κ3) is 2.74. The fourth-order valence-corrected chi connectivity index (χ4v) is 2.15. The molecular weight excluding hydrogens is 317 g/mol. The van der Waals surface area contributed by atoms with Crippen molar-refractivity contribution >= 4 is 57.3 Å². The number of isothiocyanates is 1. The molecule has 0 spiro atoms. The van der Waals surface area contributed by atoms with Gasteiger partial charge in [-0.15, -0.1) is 0 Å². The monoisotopic (exact) mass is 323 g/mol. The fourth-order valence-electron chi connectivity index (χ4n) is 1.02. The molecule has 1 rings (SSSR count). The highest BCUT2D eigenvalue weighted by atomic mass is 127. The Morgan fingerprint density at radius 2 is 2.31 bits per heavy atom. The molecule has 4 heteroatoms. The second kappa shape index (κ2) is 5.05. The second-order valence-electron chi connectivity index (χ2n) is 2.55. The molecule has 0 unspecified atom stereocenters. The largest absolute Gasteiger partial charge is 0.194 e. The molecule has 0 atom stereocenters. The maximum absolute atomic E-state index is 5.91. The minimum Gasteiger partial charge on any atom is -0.194 e. The maximum Gasteiger partial charge on any atom is 0.0786 e. The first kappa shape index (κ1) is 11.1. The standard InChI is InChI=1S/C9H7ClINS/c1-6-7(4-11)2-8(10)3-9(6)12-5-13/h2-3H,4H2,1H3. The van der Waals surface area contributed by atoms with Crippen LogP contribution in [0.5, 0.6) is 0 Å². The Hall–Kier alpha value is 0.0400. The van der Waals surface area contributed by atoms with Crippen molar-refractivity contribution in [3.8, 4) is 0 Å². The Morgan fingerprint density at radius 1 is 1.62 bits per heavy atom. The van der Waals surface area contributed by atoms with Crippen LogP contribution in [0.15, 0.2) is 17.1 Å². The van der Waals surface area contributed by atoms with Gasteiger partial charge in [-0.2, -0.15) is 4.99 Å². The molecule has 0 amide bonds. The quantitative estimate of drug-likeness (QED) is 0.342. The zero-order chi connectivity index (χ0) is 9.84. The smallest absolute Gasteiger partial charge is 0.0786 e. The van der Waals surface area contributed by atoms with Crippen molar-refractivity contribution in [3.05, 3.63) is 28.3 Å². The highest BCUT2D eigenvalue weighted by Gasteiger charge is 2.04. The Kier molecular flexibility index (Phi) is 4.32. The van der Waals surface area contributed by atoms with E-state index in [1.54, 1.807) is 6.07 Å². The van der Waals surface area contributed by atoms with Gasteiger partial charge in [0.2, 0.25) is 0 Å². The zero-order valence-corrected chi connectivity index (χ0v) is 10.7. The Labute approximate surface area is 101 Å². The van der Waals surface area contributed by atoms with E-state index in [0.717, 1.165) is 15.7 Å². The molecule has 1 nitrogen and oxygen atoms in total. The average molecular weight is 324 g/mol. The van der Waals surface area contributed by atoms with Gasteiger partial charge in [-0.3, -0.25) is 0 Å². The summed E-state index contributed by atoms with van der Waals surface area (Å²) >= 11 is 12.8. The topological polar surface area (TPSA) is 12.4 Å². The van der Waals surface area contributed by atoms with Crippen molar-refractivity contribution in [1.82, 2.24) is 0 Å². The molecule has 0 radical (unpaired) electrons. The Morgan fingerprint density at radius 3 is 2.85 bits per heavy atom. The summed E-state index contributed by atoms with van der Waals surface area (Å²) in [7, 11) is 0. The lowest BCUT2D eigenvalue weighted by atomic mass is 10.1. The van der Waals surface area contributed by atoms with Crippen molar-refractivity contribution in [2.45, 2.75) is 11.4 Å². The average Bonchev–Trinajstić information content (AvgIpc) is 2.11. The molecule has 0 aliphatic carbocycles. The van der Waals surface area contributed by atoms with Crippen molar-refractivity contribution < 1.29 is 0 Å².